The van der Waals surface area contributed by atoms with Gasteiger partial charge in [-0.3, -0.25) is 4.79 Å². The first-order valence-corrected chi connectivity index (χ1v) is 14.2. The van der Waals surface area contributed by atoms with E-state index in [4.69, 9.17) is 14.2 Å². The number of benzene rings is 4. The van der Waals surface area contributed by atoms with Crippen molar-refractivity contribution in [2.45, 2.75) is 37.2 Å². The van der Waals surface area contributed by atoms with Crippen LogP contribution in [0.5, 0.6) is 11.5 Å². The van der Waals surface area contributed by atoms with Crippen molar-refractivity contribution in [3.63, 3.8) is 0 Å². The summed E-state index contributed by atoms with van der Waals surface area (Å²) >= 11 is 0. The van der Waals surface area contributed by atoms with Crippen molar-refractivity contribution in [3.05, 3.63) is 126 Å². The molecular weight excluding hydrogens is 530 g/mol. The molecule has 0 aromatic heterocycles. The first-order chi connectivity index (χ1) is 19.4. The zero-order valence-electron chi connectivity index (χ0n) is 22.0. The SMILES string of the molecule is CCOC(=O)C(NS(=O)(=O)c1ccccc1)C(O)c1ccc(OCc2ccccc2)c(OCc2ccccc2)c1. The summed E-state index contributed by atoms with van der Waals surface area (Å²) in [5.74, 6) is -0.163. The summed E-state index contributed by atoms with van der Waals surface area (Å²) < 4.78 is 45.5. The standard InChI is InChI=1S/C31H31NO7S/c1-2-37-31(34)29(32-40(35,36)26-16-10-5-11-17-26)30(33)25-18-19-27(38-21-23-12-6-3-7-13-23)28(20-25)39-22-24-14-8-4-9-15-24/h3-20,29-30,32-33H,2,21-22H2,1H3. The molecule has 2 N–H and O–H groups in total. The minimum Gasteiger partial charge on any atom is -0.485 e. The molecule has 4 rings (SSSR count). The van der Waals surface area contributed by atoms with Gasteiger partial charge in [-0.05, 0) is 47.9 Å². The van der Waals surface area contributed by atoms with E-state index in [9.17, 15) is 18.3 Å². The molecule has 0 saturated carbocycles. The van der Waals surface area contributed by atoms with E-state index in [2.05, 4.69) is 4.72 Å². The molecule has 0 aliphatic heterocycles. The number of hydrogen-bond donors (Lipinski definition) is 2. The summed E-state index contributed by atoms with van der Waals surface area (Å²) in [5, 5.41) is 11.3. The Balaban J connectivity index is 1.63. The molecule has 0 radical (unpaired) electrons. The van der Waals surface area contributed by atoms with Crippen LogP contribution in [0.2, 0.25) is 0 Å². The number of hydrogen-bond acceptors (Lipinski definition) is 7. The average Bonchev–Trinajstić information content (AvgIpc) is 2.99. The lowest BCUT2D eigenvalue weighted by atomic mass is 10.0. The van der Waals surface area contributed by atoms with Crippen molar-refractivity contribution < 1.29 is 32.5 Å². The fourth-order valence-electron chi connectivity index (χ4n) is 3.91. The van der Waals surface area contributed by atoms with Gasteiger partial charge in [-0.2, -0.15) is 4.72 Å². The lowest BCUT2D eigenvalue weighted by Gasteiger charge is -2.24. The van der Waals surface area contributed by atoms with E-state index >= 15 is 0 Å². The molecule has 0 fully saturated rings. The van der Waals surface area contributed by atoms with Crippen molar-refractivity contribution in [2.75, 3.05) is 6.61 Å². The number of aliphatic hydroxyl groups excluding tert-OH is 1. The number of ether oxygens (including phenoxy) is 3. The maximum atomic E-state index is 13.0. The number of esters is 1. The molecule has 2 unspecified atom stereocenters. The average molecular weight is 562 g/mol. The molecule has 40 heavy (non-hydrogen) atoms. The van der Waals surface area contributed by atoms with Gasteiger partial charge in [-0.1, -0.05) is 84.9 Å². The van der Waals surface area contributed by atoms with Crippen molar-refractivity contribution in [1.82, 2.24) is 4.72 Å². The smallest absolute Gasteiger partial charge is 0.327 e. The lowest BCUT2D eigenvalue weighted by molar-refractivity contribution is -0.148. The molecule has 0 aliphatic rings. The van der Waals surface area contributed by atoms with Gasteiger partial charge in [0.25, 0.3) is 0 Å². The van der Waals surface area contributed by atoms with Gasteiger partial charge in [-0.25, -0.2) is 8.42 Å². The summed E-state index contributed by atoms with van der Waals surface area (Å²) in [6.45, 7) is 2.12. The zero-order valence-corrected chi connectivity index (χ0v) is 22.8. The fourth-order valence-corrected chi connectivity index (χ4v) is 5.12. The highest BCUT2D eigenvalue weighted by Gasteiger charge is 2.34. The summed E-state index contributed by atoms with van der Waals surface area (Å²) in [7, 11) is -4.15. The van der Waals surface area contributed by atoms with Crippen molar-refractivity contribution in [2.24, 2.45) is 0 Å². The van der Waals surface area contributed by atoms with Crippen LogP contribution in [-0.4, -0.2) is 32.1 Å². The molecule has 0 bridgehead atoms. The zero-order chi connectivity index (χ0) is 28.4. The second-order valence-corrected chi connectivity index (χ2v) is 10.6. The first kappa shape index (κ1) is 28.8. The molecule has 0 saturated heterocycles. The Morgan fingerprint density at radius 2 is 1.30 bits per heavy atom. The summed E-state index contributed by atoms with van der Waals surface area (Å²) in [5.41, 5.74) is 2.12. The Hall–Kier alpha value is -4.18. The topological polar surface area (TPSA) is 111 Å². The molecule has 4 aromatic rings. The second kappa shape index (κ2) is 13.7. The summed E-state index contributed by atoms with van der Waals surface area (Å²) in [6, 6.07) is 29.8. The minimum atomic E-state index is -4.15. The normalized spacial score (nSPS) is 12.8. The fraction of sp³-hybridized carbons (Fsp3) is 0.194. The van der Waals surface area contributed by atoms with E-state index in [-0.39, 0.29) is 30.3 Å². The third kappa shape index (κ3) is 7.69. The van der Waals surface area contributed by atoms with Crippen LogP contribution < -0.4 is 14.2 Å². The molecule has 0 amide bonds. The maximum absolute atomic E-state index is 13.0. The monoisotopic (exact) mass is 561 g/mol. The molecule has 0 aliphatic carbocycles. The highest BCUT2D eigenvalue weighted by Crippen LogP contribution is 2.33. The molecular formula is C31H31NO7S. The Kier molecular flexibility index (Phi) is 9.91. The van der Waals surface area contributed by atoms with Crippen LogP contribution in [0.4, 0.5) is 0 Å². The quantitative estimate of drug-likeness (QED) is 0.226. The highest BCUT2D eigenvalue weighted by atomic mass is 32.2. The van der Waals surface area contributed by atoms with Crippen LogP contribution in [0, 0.1) is 0 Å². The van der Waals surface area contributed by atoms with Gasteiger partial charge in [0.15, 0.2) is 11.5 Å². The van der Waals surface area contributed by atoms with Crippen molar-refractivity contribution in [1.29, 1.82) is 0 Å². The summed E-state index contributed by atoms with van der Waals surface area (Å²) in [4.78, 5) is 12.8. The van der Waals surface area contributed by atoms with E-state index in [1.165, 1.54) is 18.2 Å². The van der Waals surface area contributed by atoms with Crippen LogP contribution in [0.3, 0.4) is 0 Å². The van der Waals surface area contributed by atoms with Gasteiger partial charge in [0.05, 0.1) is 11.5 Å². The van der Waals surface area contributed by atoms with E-state index in [0.717, 1.165) is 11.1 Å². The van der Waals surface area contributed by atoms with E-state index < -0.39 is 28.1 Å². The van der Waals surface area contributed by atoms with Crippen LogP contribution in [0.15, 0.2) is 114 Å². The molecule has 0 spiro atoms. The van der Waals surface area contributed by atoms with Gasteiger partial charge < -0.3 is 19.3 Å². The molecule has 0 heterocycles. The highest BCUT2D eigenvalue weighted by molar-refractivity contribution is 7.89. The van der Waals surface area contributed by atoms with E-state index in [1.54, 1.807) is 37.3 Å². The first-order valence-electron chi connectivity index (χ1n) is 12.8. The number of sulfonamides is 1. The molecule has 8 nitrogen and oxygen atoms in total. The molecule has 9 heteroatoms. The van der Waals surface area contributed by atoms with Crippen LogP contribution >= 0.6 is 0 Å². The van der Waals surface area contributed by atoms with Crippen LogP contribution in [0.1, 0.15) is 29.7 Å². The second-order valence-electron chi connectivity index (χ2n) is 8.86. The van der Waals surface area contributed by atoms with Gasteiger partial charge in [0.1, 0.15) is 25.4 Å². The van der Waals surface area contributed by atoms with Crippen molar-refractivity contribution >= 4 is 16.0 Å². The van der Waals surface area contributed by atoms with Crippen LogP contribution in [-0.2, 0) is 32.8 Å². The maximum Gasteiger partial charge on any atom is 0.327 e. The summed E-state index contributed by atoms with van der Waals surface area (Å²) in [6.07, 6.45) is -1.58. The van der Waals surface area contributed by atoms with E-state index in [1.807, 2.05) is 60.7 Å². The lowest BCUT2D eigenvalue weighted by Crippen LogP contribution is -2.45. The number of rotatable bonds is 13. The Labute approximate surface area is 234 Å². The Morgan fingerprint density at radius 1 is 0.775 bits per heavy atom. The van der Waals surface area contributed by atoms with Crippen LogP contribution in [0.25, 0.3) is 0 Å². The number of aliphatic hydroxyl groups is 1. The minimum absolute atomic E-state index is 0.00676. The Morgan fingerprint density at radius 3 is 1.85 bits per heavy atom. The Bertz CT molecular complexity index is 1480. The van der Waals surface area contributed by atoms with Gasteiger partial charge in [0.2, 0.25) is 10.0 Å². The largest absolute Gasteiger partial charge is 0.485 e. The van der Waals surface area contributed by atoms with Gasteiger partial charge in [-0.15, -0.1) is 0 Å². The predicted molar refractivity (Wildman–Crippen MR) is 150 cm³/mol. The molecule has 2 atom stereocenters. The van der Waals surface area contributed by atoms with E-state index in [0.29, 0.717) is 11.5 Å². The third-order valence-corrected chi connectivity index (χ3v) is 7.43. The molecule has 4 aromatic carbocycles. The predicted octanol–water partition coefficient (Wildman–Crippen LogP) is 4.79. The number of carbonyl (C=O) groups excluding carboxylic acids is 1. The molecule has 208 valence electrons. The van der Waals surface area contributed by atoms with Crippen molar-refractivity contribution in [3.8, 4) is 11.5 Å². The number of nitrogens with one attached hydrogen (secondary N) is 1. The van der Waals surface area contributed by atoms with Gasteiger partial charge in [0, 0.05) is 0 Å². The van der Waals surface area contributed by atoms with Gasteiger partial charge >= 0.3 is 5.97 Å². The third-order valence-electron chi connectivity index (χ3n) is 5.98. The number of carbonyl (C=O) groups is 1.